The first kappa shape index (κ1) is 18.4. The van der Waals surface area contributed by atoms with Crippen molar-refractivity contribution in [1.82, 2.24) is 4.90 Å². The molecule has 2 saturated heterocycles. The van der Waals surface area contributed by atoms with E-state index >= 15 is 0 Å². The molecule has 4 rings (SSSR count). The highest BCUT2D eigenvalue weighted by Crippen LogP contribution is 2.48. The highest BCUT2D eigenvalue weighted by atomic mass is 16.5. The van der Waals surface area contributed by atoms with Gasteiger partial charge in [0, 0.05) is 44.4 Å². The summed E-state index contributed by atoms with van der Waals surface area (Å²) in [5, 5.41) is 10.0. The maximum absolute atomic E-state index is 13.1. The summed E-state index contributed by atoms with van der Waals surface area (Å²) in [7, 11) is 1.50. The molecule has 27 heavy (non-hydrogen) atoms. The second-order valence-corrected chi connectivity index (χ2v) is 7.47. The molecule has 1 aromatic rings. The number of aliphatic hydroxyl groups is 1. The van der Waals surface area contributed by atoms with E-state index in [9.17, 15) is 14.7 Å². The summed E-state index contributed by atoms with van der Waals surface area (Å²) in [6.07, 6.45) is 1.43. The van der Waals surface area contributed by atoms with E-state index in [0.29, 0.717) is 32.6 Å². The number of fused-ring (bicyclic) bond motifs is 3. The summed E-state index contributed by atoms with van der Waals surface area (Å²) in [5.41, 5.74) is 1.88. The molecule has 7 nitrogen and oxygen atoms in total. The van der Waals surface area contributed by atoms with Crippen molar-refractivity contribution in [2.24, 2.45) is 5.92 Å². The maximum atomic E-state index is 13.1. The van der Waals surface area contributed by atoms with Crippen LogP contribution in [-0.2, 0) is 19.1 Å². The lowest BCUT2D eigenvalue weighted by atomic mass is 9.71. The number of carbonyl (C=O) groups excluding carboxylic acids is 2. The molecule has 7 heteroatoms. The molecule has 0 saturated carbocycles. The standard InChI is InChI=1S/C20H26N2O5/c1-26-12-18(24)21-10-16-19(14-4-2-3-5-15(14)21)17(11-23)22(16)20(25)13-6-8-27-9-7-13/h2-5,13,16-17,19,23H,6-12H2,1H3/t16-,17+,19+/m0/s1. The number of amides is 2. The Morgan fingerprint density at radius 1 is 1.26 bits per heavy atom. The average molecular weight is 374 g/mol. The van der Waals surface area contributed by atoms with Gasteiger partial charge in [0.1, 0.15) is 6.61 Å². The third-order valence-electron chi connectivity index (χ3n) is 6.08. The Bertz CT molecular complexity index is 718. The van der Waals surface area contributed by atoms with E-state index < -0.39 is 0 Å². The van der Waals surface area contributed by atoms with Gasteiger partial charge in [-0.2, -0.15) is 0 Å². The Morgan fingerprint density at radius 3 is 2.70 bits per heavy atom. The molecule has 3 aliphatic rings. The normalized spacial score (nSPS) is 27.6. The number of hydrogen-bond acceptors (Lipinski definition) is 5. The van der Waals surface area contributed by atoms with Crippen LogP contribution in [0.4, 0.5) is 5.69 Å². The van der Waals surface area contributed by atoms with Crippen molar-refractivity contribution < 1.29 is 24.2 Å². The molecule has 0 spiro atoms. The van der Waals surface area contributed by atoms with Gasteiger partial charge < -0.3 is 24.4 Å². The number of ether oxygens (including phenoxy) is 2. The van der Waals surface area contributed by atoms with E-state index in [1.807, 2.05) is 29.2 Å². The molecule has 0 radical (unpaired) electrons. The van der Waals surface area contributed by atoms with Gasteiger partial charge in [0.2, 0.25) is 5.91 Å². The van der Waals surface area contributed by atoms with E-state index in [-0.39, 0.29) is 48.9 Å². The molecule has 0 aromatic heterocycles. The van der Waals surface area contributed by atoms with Crippen LogP contribution in [0.3, 0.4) is 0 Å². The number of nitrogens with zero attached hydrogens (tertiary/aromatic N) is 2. The predicted octanol–water partition coefficient (Wildman–Crippen LogP) is 0.761. The van der Waals surface area contributed by atoms with E-state index in [2.05, 4.69) is 0 Å². The highest BCUT2D eigenvalue weighted by Gasteiger charge is 2.55. The van der Waals surface area contributed by atoms with Crippen LogP contribution in [0.5, 0.6) is 0 Å². The van der Waals surface area contributed by atoms with Gasteiger partial charge in [-0.1, -0.05) is 18.2 Å². The fraction of sp³-hybridized carbons (Fsp3) is 0.600. The summed E-state index contributed by atoms with van der Waals surface area (Å²) in [6.45, 7) is 1.57. The second-order valence-electron chi connectivity index (χ2n) is 7.47. The Hall–Kier alpha value is -1.96. The largest absolute Gasteiger partial charge is 0.394 e. The number of rotatable bonds is 4. The minimum absolute atomic E-state index is 0.00304. The predicted molar refractivity (Wildman–Crippen MR) is 98.5 cm³/mol. The Kier molecular flexibility index (Phi) is 5.16. The van der Waals surface area contributed by atoms with Gasteiger partial charge in [-0.15, -0.1) is 0 Å². The summed E-state index contributed by atoms with van der Waals surface area (Å²) < 4.78 is 10.4. The molecule has 0 unspecified atom stereocenters. The first-order valence-corrected chi connectivity index (χ1v) is 9.56. The minimum atomic E-state index is -0.230. The number of likely N-dealkylation sites (tertiary alicyclic amines) is 1. The van der Waals surface area contributed by atoms with Gasteiger partial charge in [0.25, 0.3) is 5.91 Å². The van der Waals surface area contributed by atoms with Crippen molar-refractivity contribution >= 4 is 17.5 Å². The third-order valence-corrected chi connectivity index (χ3v) is 6.08. The van der Waals surface area contributed by atoms with Crippen LogP contribution in [0, 0.1) is 5.92 Å². The summed E-state index contributed by atoms with van der Waals surface area (Å²) in [6, 6.07) is 7.44. The van der Waals surface area contributed by atoms with Crippen LogP contribution in [-0.4, -0.2) is 74.0 Å². The molecular weight excluding hydrogens is 348 g/mol. The maximum Gasteiger partial charge on any atom is 0.253 e. The lowest BCUT2D eigenvalue weighted by Gasteiger charge is -2.59. The van der Waals surface area contributed by atoms with E-state index in [4.69, 9.17) is 9.47 Å². The highest BCUT2D eigenvalue weighted by molar-refractivity contribution is 5.96. The smallest absolute Gasteiger partial charge is 0.253 e. The molecular formula is C20H26N2O5. The van der Waals surface area contributed by atoms with Crippen molar-refractivity contribution in [3.05, 3.63) is 29.8 Å². The molecule has 3 aliphatic heterocycles. The zero-order valence-electron chi connectivity index (χ0n) is 15.5. The SMILES string of the molecule is COCC(=O)N1C[C@H]2[C@@H](c3ccccc31)[C@@H](CO)N2C(=O)C1CCOCC1. The molecule has 1 aromatic carbocycles. The van der Waals surface area contributed by atoms with Gasteiger partial charge in [-0.05, 0) is 24.5 Å². The molecule has 146 valence electrons. The third kappa shape index (κ3) is 3.03. The van der Waals surface area contributed by atoms with Gasteiger partial charge in [-0.25, -0.2) is 0 Å². The zero-order valence-corrected chi connectivity index (χ0v) is 15.5. The zero-order chi connectivity index (χ0) is 19.0. The Labute approximate surface area is 158 Å². The number of carbonyl (C=O) groups is 2. The fourth-order valence-electron chi connectivity index (χ4n) is 4.78. The minimum Gasteiger partial charge on any atom is -0.394 e. The van der Waals surface area contributed by atoms with Crippen molar-refractivity contribution in [1.29, 1.82) is 0 Å². The van der Waals surface area contributed by atoms with Crippen LogP contribution in [0.1, 0.15) is 24.3 Å². The number of hydrogen-bond donors (Lipinski definition) is 1. The van der Waals surface area contributed by atoms with Crippen LogP contribution in [0.2, 0.25) is 0 Å². The van der Waals surface area contributed by atoms with Crippen molar-refractivity contribution in [3.63, 3.8) is 0 Å². The van der Waals surface area contributed by atoms with Gasteiger partial charge in [-0.3, -0.25) is 9.59 Å². The molecule has 2 amide bonds. The number of anilines is 1. The first-order chi connectivity index (χ1) is 13.2. The molecule has 0 bridgehead atoms. The number of benzene rings is 1. The number of aliphatic hydroxyl groups excluding tert-OH is 1. The molecule has 3 heterocycles. The van der Waals surface area contributed by atoms with Crippen molar-refractivity contribution in [2.75, 3.05) is 45.0 Å². The van der Waals surface area contributed by atoms with Crippen LogP contribution in [0.25, 0.3) is 0 Å². The van der Waals surface area contributed by atoms with Crippen LogP contribution < -0.4 is 4.90 Å². The second kappa shape index (κ2) is 7.58. The van der Waals surface area contributed by atoms with Crippen molar-refractivity contribution in [2.45, 2.75) is 30.8 Å². The Morgan fingerprint density at radius 2 is 2.00 bits per heavy atom. The molecule has 1 N–H and O–H groups in total. The van der Waals surface area contributed by atoms with Gasteiger partial charge in [0.15, 0.2) is 0 Å². The van der Waals surface area contributed by atoms with Crippen LogP contribution >= 0.6 is 0 Å². The van der Waals surface area contributed by atoms with Gasteiger partial charge in [0.05, 0.1) is 18.7 Å². The number of methoxy groups -OCH3 is 1. The monoisotopic (exact) mass is 374 g/mol. The molecule has 3 atom stereocenters. The molecule has 0 aliphatic carbocycles. The number of para-hydroxylation sites is 1. The average Bonchev–Trinajstić information content (AvgIpc) is 2.69. The topological polar surface area (TPSA) is 79.3 Å². The quantitative estimate of drug-likeness (QED) is 0.842. The summed E-state index contributed by atoms with van der Waals surface area (Å²) in [5.74, 6) is -0.0398. The molecule has 2 fully saturated rings. The van der Waals surface area contributed by atoms with Crippen molar-refractivity contribution in [3.8, 4) is 0 Å². The summed E-state index contributed by atoms with van der Waals surface area (Å²) >= 11 is 0. The summed E-state index contributed by atoms with van der Waals surface area (Å²) in [4.78, 5) is 29.3. The van der Waals surface area contributed by atoms with E-state index in [0.717, 1.165) is 11.3 Å². The van der Waals surface area contributed by atoms with Crippen LogP contribution in [0.15, 0.2) is 24.3 Å². The lowest BCUT2D eigenvalue weighted by Crippen LogP contribution is -2.71. The Balaban J connectivity index is 1.64. The fourth-order valence-corrected chi connectivity index (χ4v) is 4.78. The first-order valence-electron chi connectivity index (χ1n) is 9.56. The van der Waals surface area contributed by atoms with E-state index in [1.54, 1.807) is 4.90 Å². The van der Waals surface area contributed by atoms with Gasteiger partial charge >= 0.3 is 0 Å². The lowest BCUT2D eigenvalue weighted by molar-refractivity contribution is -0.158. The van der Waals surface area contributed by atoms with E-state index in [1.165, 1.54) is 7.11 Å².